The van der Waals surface area contributed by atoms with Crippen LogP contribution in [-0.4, -0.2) is 46.9 Å². The number of aliphatic imine (C=N–C) groups is 1. The molecule has 16 heavy (non-hydrogen) atoms. The van der Waals surface area contributed by atoms with E-state index < -0.39 is 16.6 Å². The summed E-state index contributed by atoms with van der Waals surface area (Å²) in [6.07, 6.45) is 0. The van der Waals surface area contributed by atoms with Crippen LogP contribution in [0.4, 0.5) is 0 Å². The lowest BCUT2D eigenvalue weighted by Crippen LogP contribution is -2.32. The maximum atomic E-state index is 5.90. The molecule has 0 saturated carbocycles. The van der Waals surface area contributed by atoms with E-state index in [1.54, 1.807) is 0 Å². The van der Waals surface area contributed by atoms with Gasteiger partial charge in [-0.2, -0.15) is 4.99 Å². The van der Waals surface area contributed by atoms with Crippen LogP contribution in [0.3, 0.4) is 0 Å². The Kier molecular flexibility index (Phi) is 3.63. The van der Waals surface area contributed by atoms with Gasteiger partial charge in [-0.05, 0) is 39.3 Å². The Morgan fingerprint density at radius 3 is 2.19 bits per heavy atom. The third-order valence-electron chi connectivity index (χ3n) is 1.80. The zero-order valence-electron chi connectivity index (χ0n) is 11.5. The Bertz CT molecular complexity index is 326. The number of rotatable bonds is 2. The van der Waals surface area contributed by atoms with Gasteiger partial charge in [0.2, 0.25) is 14.3 Å². The summed E-state index contributed by atoms with van der Waals surface area (Å²) in [5.41, 5.74) is 0. The Balaban J connectivity index is 2.80. The normalized spacial score (nSPS) is 20.3. The van der Waals surface area contributed by atoms with Crippen molar-refractivity contribution in [2.75, 3.05) is 13.6 Å². The zero-order chi connectivity index (χ0) is 12.6. The molecular weight excluding hydrogens is 234 g/mol. The van der Waals surface area contributed by atoms with Crippen molar-refractivity contribution in [3.05, 3.63) is 0 Å². The fourth-order valence-corrected chi connectivity index (χ4v) is 2.96. The summed E-state index contributed by atoms with van der Waals surface area (Å²) in [6.45, 7) is 13.9. The predicted molar refractivity (Wildman–Crippen MR) is 75.3 cm³/mol. The van der Waals surface area contributed by atoms with Gasteiger partial charge in [0.1, 0.15) is 0 Å². The van der Waals surface area contributed by atoms with Crippen molar-refractivity contribution >= 4 is 28.4 Å². The topological polar surface area (TPSA) is 37.2 Å². The minimum absolute atomic E-state index is 0.758. The summed E-state index contributed by atoms with van der Waals surface area (Å²) in [4.78, 5) is 6.54. The first-order valence-corrected chi connectivity index (χ1v) is 12.5. The van der Waals surface area contributed by atoms with E-state index in [1.807, 2.05) is 7.05 Å². The van der Waals surface area contributed by atoms with E-state index in [0.717, 1.165) is 18.4 Å². The molecule has 1 heterocycles. The monoisotopic (exact) mass is 257 g/mol. The van der Waals surface area contributed by atoms with Crippen molar-refractivity contribution in [1.82, 2.24) is 4.90 Å². The molecule has 0 radical (unpaired) electrons. The van der Waals surface area contributed by atoms with E-state index >= 15 is 0 Å². The highest BCUT2D eigenvalue weighted by atomic mass is 28.4. The van der Waals surface area contributed by atoms with Gasteiger partial charge in [0, 0.05) is 7.05 Å². The van der Waals surface area contributed by atoms with Crippen molar-refractivity contribution in [1.29, 1.82) is 0 Å². The van der Waals surface area contributed by atoms with Gasteiger partial charge in [-0.25, -0.2) is 0 Å². The molecule has 0 aromatic carbocycles. The Morgan fingerprint density at radius 1 is 1.19 bits per heavy atom. The second kappa shape index (κ2) is 4.33. The predicted octanol–water partition coefficient (Wildman–Crippen LogP) is 2.37. The minimum Gasteiger partial charge on any atom is -0.533 e. The summed E-state index contributed by atoms with van der Waals surface area (Å²) in [7, 11) is -0.982. The van der Waals surface area contributed by atoms with Gasteiger partial charge >= 0.3 is 0 Å². The molecule has 92 valence electrons. The summed E-state index contributed by atoms with van der Waals surface area (Å²) >= 11 is 0. The first-order valence-electron chi connectivity index (χ1n) is 5.64. The van der Waals surface area contributed by atoms with Crippen LogP contribution in [-0.2, 0) is 4.43 Å². The van der Waals surface area contributed by atoms with Crippen LogP contribution in [0.1, 0.15) is 0 Å². The van der Waals surface area contributed by atoms with Crippen molar-refractivity contribution in [3.8, 4) is 0 Å². The van der Waals surface area contributed by atoms with Crippen molar-refractivity contribution in [2.24, 2.45) is 9.65 Å². The van der Waals surface area contributed by atoms with E-state index in [2.05, 4.69) is 49.2 Å². The Labute approximate surface area is 101 Å². The summed E-state index contributed by atoms with van der Waals surface area (Å²) in [5, 5.41) is 0. The van der Waals surface area contributed by atoms with Crippen LogP contribution in [0.2, 0.25) is 39.3 Å². The Morgan fingerprint density at radius 2 is 1.75 bits per heavy atom. The average molecular weight is 257 g/mol. The Hall–Kier alpha value is -0.626. The minimum atomic E-state index is -1.54. The van der Waals surface area contributed by atoms with E-state index in [0.29, 0.717) is 0 Å². The first kappa shape index (κ1) is 13.4. The molecule has 0 bridgehead atoms. The number of guanidine groups is 1. The van der Waals surface area contributed by atoms with Gasteiger partial charge < -0.3 is 9.33 Å². The van der Waals surface area contributed by atoms with Crippen LogP contribution in [0.5, 0.6) is 0 Å². The van der Waals surface area contributed by atoms with Gasteiger partial charge in [0.25, 0.3) is 0 Å². The molecule has 0 aromatic heterocycles. The quantitative estimate of drug-likeness (QED) is 0.712. The van der Waals surface area contributed by atoms with Gasteiger partial charge in [-0.1, -0.05) is 0 Å². The third-order valence-corrected chi connectivity index (χ3v) is 3.52. The highest BCUT2D eigenvalue weighted by Gasteiger charge is 2.26. The van der Waals surface area contributed by atoms with Crippen LogP contribution >= 0.6 is 0 Å². The molecule has 0 fully saturated rings. The van der Waals surface area contributed by atoms with Gasteiger partial charge in [0.15, 0.2) is 14.1 Å². The molecule has 0 aromatic rings. The molecule has 0 saturated heterocycles. The lowest BCUT2D eigenvalue weighted by atomic mass is 10.6. The molecule has 4 nitrogen and oxygen atoms in total. The zero-order valence-corrected chi connectivity index (χ0v) is 13.5. The standard InChI is InChI=1S/C10H23N3OSi2/c1-13-8-9(14-16(5,6)7)11-10(13)12-15(2,3)4/h8H2,1-7H3/b12-10+. The lowest BCUT2D eigenvalue weighted by molar-refractivity contribution is 0.504. The SMILES string of the molecule is CN1CC(O[Si](C)(C)C)=N/C1=N\[Si](C)(C)C. The highest BCUT2D eigenvalue weighted by Crippen LogP contribution is 2.12. The maximum absolute atomic E-state index is 5.90. The molecule has 0 N–H and O–H groups in total. The van der Waals surface area contributed by atoms with Gasteiger partial charge in [-0.3, -0.25) is 4.66 Å². The highest BCUT2D eigenvalue weighted by molar-refractivity contribution is 6.75. The number of hydrogen-bond acceptors (Lipinski definition) is 2. The van der Waals surface area contributed by atoms with Crippen LogP contribution in [0, 0.1) is 0 Å². The fraction of sp³-hybridized carbons (Fsp3) is 0.800. The van der Waals surface area contributed by atoms with Crippen molar-refractivity contribution in [3.63, 3.8) is 0 Å². The summed E-state index contributed by atoms with van der Waals surface area (Å²) < 4.78 is 10.6. The third kappa shape index (κ3) is 4.48. The molecule has 1 aliphatic rings. The number of nitrogens with zero attached hydrogens (tertiary/aromatic N) is 3. The molecule has 1 rings (SSSR count). The first-order chi connectivity index (χ1) is 7.07. The molecular formula is C10H23N3OSi2. The smallest absolute Gasteiger partial charge is 0.243 e. The van der Waals surface area contributed by atoms with Crippen LogP contribution in [0.15, 0.2) is 9.65 Å². The van der Waals surface area contributed by atoms with E-state index in [4.69, 9.17) is 9.08 Å². The second-order valence-corrected chi connectivity index (χ2v) is 15.2. The van der Waals surface area contributed by atoms with Gasteiger partial charge in [-0.15, -0.1) is 0 Å². The summed E-state index contributed by atoms with van der Waals surface area (Å²) in [5.74, 6) is 1.67. The fourth-order valence-electron chi connectivity index (χ4n) is 1.32. The molecule has 0 atom stereocenters. The molecule has 0 unspecified atom stereocenters. The average Bonchev–Trinajstić information content (AvgIpc) is 2.23. The molecule has 0 amide bonds. The summed E-state index contributed by atoms with van der Waals surface area (Å²) in [6, 6.07) is 0. The lowest BCUT2D eigenvalue weighted by Gasteiger charge is -2.19. The second-order valence-electron chi connectivity index (χ2n) is 6.16. The maximum Gasteiger partial charge on any atom is 0.243 e. The number of hydrogen-bond donors (Lipinski definition) is 0. The largest absolute Gasteiger partial charge is 0.533 e. The number of likely N-dealkylation sites (N-methyl/N-ethyl adjacent to an activating group) is 1. The van der Waals surface area contributed by atoms with Crippen LogP contribution < -0.4 is 0 Å². The van der Waals surface area contributed by atoms with E-state index in [-0.39, 0.29) is 0 Å². The van der Waals surface area contributed by atoms with Gasteiger partial charge in [0.05, 0.1) is 6.54 Å². The molecule has 6 heteroatoms. The molecule has 1 aliphatic heterocycles. The molecule has 0 aliphatic carbocycles. The van der Waals surface area contributed by atoms with E-state index in [9.17, 15) is 0 Å². The van der Waals surface area contributed by atoms with Crippen molar-refractivity contribution in [2.45, 2.75) is 39.3 Å². The van der Waals surface area contributed by atoms with Crippen LogP contribution in [0.25, 0.3) is 0 Å². The van der Waals surface area contributed by atoms with Crippen molar-refractivity contribution < 1.29 is 4.43 Å². The van der Waals surface area contributed by atoms with E-state index in [1.165, 1.54) is 0 Å². The molecule has 0 spiro atoms.